The van der Waals surface area contributed by atoms with Crippen molar-refractivity contribution in [3.05, 3.63) is 70.3 Å². The first-order chi connectivity index (χ1) is 17.5. The molecule has 1 aliphatic heterocycles. The van der Waals surface area contributed by atoms with E-state index in [1.54, 1.807) is 18.0 Å². The molecular formula is C25H24Cl2FN5O3S. The molecular weight excluding hydrogens is 540 g/mol. The maximum absolute atomic E-state index is 15.2. The summed E-state index contributed by atoms with van der Waals surface area (Å²) in [5.74, 6) is -0.304. The van der Waals surface area contributed by atoms with Crippen LogP contribution in [0.3, 0.4) is 0 Å². The van der Waals surface area contributed by atoms with Crippen molar-refractivity contribution < 1.29 is 17.6 Å². The second-order valence-electron chi connectivity index (χ2n) is 9.28. The molecule has 3 aromatic heterocycles. The molecule has 3 atom stereocenters. The lowest BCUT2D eigenvalue weighted by Gasteiger charge is -2.47. The van der Waals surface area contributed by atoms with Crippen LogP contribution in [0, 0.1) is 11.7 Å². The Kier molecular flexibility index (Phi) is 6.76. The topological polar surface area (TPSA) is 90.2 Å². The largest absolute Gasteiger partial charge is 0.388 e. The molecule has 0 saturated carbocycles. The molecule has 12 heteroatoms. The number of aromatic nitrogens is 4. The van der Waals surface area contributed by atoms with E-state index in [0.29, 0.717) is 38.9 Å². The summed E-state index contributed by atoms with van der Waals surface area (Å²) in [6, 6.07) is 8.68. The number of hydrogen-bond donors (Lipinski definition) is 0. The zero-order chi connectivity index (χ0) is 26.5. The van der Waals surface area contributed by atoms with E-state index >= 15 is 4.39 Å². The third kappa shape index (κ3) is 4.97. The van der Waals surface area contributed by atoms with Gasteiger partial charge in [-0.25, -0.2) is 17.8 Å². The molecule has 37 heavy (non-hydrogen) atoms. The van der Waals surface area contributed by atoms with E-state index in [4.69, 9.17) is 28.0 Å². The highest BCUT2D eigenvalue weighted by atomic mass is 35.5. The van der Waals surface area contributed by atoms with Crippen molar-refractivity contribution in [2.24, 2.45) is 5.92 Å². The Labute approximate surface area is 223 Å². The molecule has 0 aliphatic carbocycles. The van der Waals surface area contributed by atoms with Gasteiger partial charge in [-0.3, -0.25) is 4.98 Å². The Morgan fingerprint density at radius 1 is 1.19 bits per heavy atom. The van der Waals surface area contributed by atoms with Crippen molar-refractivity contribution in [1.82, 2.24) is 19.9 Å². The van der Waals surface area contributed by atoms with Gasteiger partial charge in [0.2, 0.25) is 0 Å². The first kappa shape index (κ1) is 25.7. The van der Waals surface area contributed by atoms with Crippen molar-refractivity contribution in [2.75, 3.05) is 23.5 Å². The van der Waals surface area contributed by atoms with Crippen LogP contribution in [-0.2, 0) is 9.84 Å². The van der Waals surface area contributed by atoms with Gasteiger partial charge in [-0.1, -0.05) is 46.2 Å². The quantitative estimate of drug-likeness (QED) is 0.312. The zero-order valence-electron chi connectivity index (χ0n) is 20.3. The first-order valence-electron chi connectivity index (χ1n) is 11.6. The molecule has 1 saturated heterocycles. The fraction of sp³-hybridized carbons (Fsp3) is 0.320. The number of para-hydroxylation sites is 1. The van der Waals surface area contributed by atoms with Crippen LogP contribution in [0.2, 0.25) is 10.0 Å². The highest BCUT2D eigenvalue weighted by Crippen LogP contribution is 2.35. The van der Waals surface area contributed by atoms with E-state index in [1.165, 1.54) is 29.6 Å². The Bertz CT molecular complexity index is 1580. The number of fused-ring (bicyclic) bond motifs is 1. The fourth-order valence-electron chi connectivity index (χ4n) is 4.66. The highest BCUT2D eigenvalue weighted by molar-refractivity contribution is 7.90. The van der Waals surface area contributed by atoms with Crippen LogP contribution in [0.4, 0.5) is 10.2 Å². The average Bonchev–Trinajstić information content (AvgIpc) is 3.19. The van der Waals surface area contributed by atoms with Gasteiger partial charge >= 0.3 is 0 Å². The number of hydrogen-bond acceptors (Lipinski definition) is 7. The lowest BCUT2D eigenvalue weighted by atomic mass is 9.91. The van der Waals surface area contributed by atoms with Crippen LogP contribution < -0.4 is 9.74 Å². The number of rotatable bonds is 7. The molecule has 0 radical (unpaired) electrons. The molecule has 1 aliphatic rings. The van der Waals surface area contributed by atoms with E-state index in [1.807, 2.05) is 31.2 Å². The third-order valence-electron chi connectivity index (χ3n) is 6.60. The summed E-state index contributed by atoms with van der Waals surface area (Å²) in [5.41, 5.74) is 2.23. The number of benzene rings is 1. The minimum Gasteiger partial charge on any atom is -0.388 e. The van der Waals surface area contributed by atoms with E-state index in [9.17, 15) is 8.42 Å². The lowest BCUT2D eigenvalue weighted by molar-refractivity contribution is 0.0333. The molecule has 0 N–H and O–H groups in total. The normalized spacial score (nSPS) is 18.6. The molecule has 194 valence electrons. The van der Waals surface area contributed by atoms with Crippen molar-refractivity contribution in [3.8, 4) is 11.3 Å². The van der Waals surface area contributed by atoms with Crippen molar-refractivity contribution in [3.63, 3.8) is 0 Å². The van der Waals surface area contributed by atoms with Gasteiger partial charge in [0.05, 0.1) is 15.8 Å². The second kappa shape index (κ2) is 9.74. The zero-order valence-corrected chi connectivity index (χ0v) is 22.6. The fourth-order valence-corrected chi connectivity index (χ4v) is 6.50. The van der Waals surface area contributed by atoms with Crippen molar-refractivity contribution in [2.45, 2.75) is 26.0 Å². The van der Waals surface area contributed by atoms with Crippen LogP contribution >= 0.6 is 23.2 Å². The molecule has 0 bridgehead atoms. The van der Waals surface area contributed by atoms with E-state index in [0.717, 1.165) is 5.39 Å². The maximum atomic E-state index is 15.2. The van der Waals surface area contributed by atoms with Crippen LogP contribution in [-0.4, -0.2) is 52.9 Å². The Hall–Kier alpha value is -2.95. The number of nitrogens with zero attached hydrogens (tertiary/aromatic N) is 5. The lowest BCUT2D eigenvalue weighted by Crippen LogP contribution is -2.57. The summed E-state index contributed by atoms with van der Waals surface area (Å²) in [6.07, 6.45) is 5.21. The van der Waals surface area contributed by atoms with E-state index in [-0.39, 0.29) is 23.5 Å². The summed E-state index contributed by atoms with van der Waals surface area (Å²) in [7, 11) is -3.11. The SMILES string of the molecule is C[C@@H]1[C@@H](CS(C)(=O)=O)CN1c1ncc(-c2nn(O[C@H](C)c3c(Cl)cncc3Cl)c3ccccc23)cc1F. The van der Waals surface area contributed by atoms with Gasteiger partial charge in [-0.2, -0.15) is 0 Å². The minimum absolute atomic E-state index is 0.0583. The molecule has 5 rings (SSSR count). The molecule has 0 amide bonds. The highest BCUT2D eigenvalue weighted by Gasteiger charge is 2.39. The van der Waals surface area contributed by atoms with Crippen molar-refractivity contribution in [1.29, 1.82) is 0 Å². The van der Waals surface area contributed by atoms with Crippen molar-refractivity contribution >= 4 is 49.8 Å². The second-order valence-corrected chi connectivity index (χ2v) is 12.3. The number of sulfone groups is 1. The summed E-state index contributed by atoms with van der Waals surface area (Å²) in [5, 5.41) is 6.10. The van der Waals surface area contributed by atoms with Gasteiger partial charge in [0, 0.05) is 59.9 Å². The monoisotopic (exact) mass is 563 g/mol. The molecule has 1 fully saturated rings. The van der Waals surface area contributed by atoms with Gasteiger partial charge in [0.25, 0.3) is 0 Å². The predicted octanol–water partition coefficient (Wildman–Crippen LogP) is 5.00. The number of anilines is 1. The molecule has 0 spiro atoms. The smallest absolute Gasteiger partial charge is 0.166 e. The summed E-state index contributed by atoms with van der Waals surface area (Å²) in [4.78, 5) is 17.6. The van der Waals surface area contributed by atoms with Crippen LogP contribution in [0.5, 0.6) is 0 Å². The average molecular weight is 564 g/mol. The Morgan fingerprint density at radius 2 is 1.89 bits per heavy atom. The van der Waals surface area contributed by atoms with Gasteiger partial charge in [0.15, 0.2) is 17.7 Å². The molecule has 8 nitrogen and oxygen atoms in total. The first-order valence-corrected chi connectivity index (χ1v) is 14.4. The third-order valence-corrected chi connectivity index (χ3v) is 8.24. The van der Waals surface area contributed by atoms with E-state index in [2.05, 4.69) is 15.1 Å². The summed E-state index contributed by atoms with van der Waals surface area (Å²) in [6.45, 7) is 4.11. The van der Waals surface area contributed by atoms with Gasteiger partial charge < -0.3 is 9.74 Å². The standard InChI is InChI=1S/C25H24Cl2FN5O3S/c1-14-17(13-37(3,34)35)12-32(14)25-21(28)8-16(9-30-25)24-18-6-4-5-7-22(18)33(31-24)36-15(2)23-19(26)10-29-11-20(23)27/h4-11,14-15,17H,12-13H2,1-3H3/t14-,15-,17-/m1/s1. The van der Waals surface area contributed by atoms with Gasteiger partial charge in [0.1, 0.15) is 21.0 Å². The Balaban J connectivity index is 1.44. The van der Waals surface area contributed by atoms with Gasteiger partial charge in [-0.15, -0.1) is 5.10 Å². The van der Waals surface area contributed by atoms with E-state index < -0.39 is 21.8 Å². The molecule has 4 aromatic rings. The van der Waals surface area contributed by atoms with Gasteiger partial charge in [-0.05, 0) is 26.0 Å². The van der Waals surface area contributed by atoms with Crippen LogP contribution in [0.15, 0.2) is 48.9 Å². The maximum Gasteiger partial charge on any atom is 0.166 e. The van der Waals surface area contributed by atoms with Crippen LogP contribution in [0.25, 0.3) is 22.2 Å². The molecule has 0 unspecified atom stereocenters. The number of pyridine rings is 2. The molecule has 1 aromatic carbocycles. The predicted molar refractivity (Wildman–Crippen MR) is 142 cm³/mol. The number of halogens is 3. The summed E-state index contributed by atoms with van der Waals surface area (Å²) >= 11 is 12.6. The van der Waals surface area contributed by atoms with Crippen LogP contribution in [0.1, 0.15) is 25.5 Å². The summed E-state index contributed by atoms with van der Waals surface area (Å²) < 4.78 is 38.5. The minimum atomic E-state index is -3.11. The molecule has 4 heterocycles. The Morgan fingerprint density at radius 3 is 2.54 bits per heavy atom.